The Balaban J connectivity index is -0.000000294. The molecule has 0 aromatic carbocycles. The molecule has 0 N–H and O–H groups in total. The van der Waals surface area contributed by atoms with Gasteiger partial charge in [-0.05, 0) is 0 Å². The summed E-state index contributed by atoms with van der Waals surface area (Å²) in [5, 5.41) is 0. The van der Waals surface area contributed by atoms with E-state index in [4.69, 9.17) is 49.7 Å². The summed E-state index contributed by atoms with van der Waals surface area (Å²) in [7, 11) is 4.09. The molecular formula is C14H20MoN2S5. The van der Waals surface area contributed by atoms with E-state index in [-0.39, 0.29) is 0 Å². The van der Waals surface area contributed by atoms with Crippen LogP contribution in [0.3, 0.4) is 0 Å². The second-order valence-electron chi connectivity index (χ2n) is 3.50. The summed E-state index contributed by atoms with van der Waals surface area (Å²) in [6.07, 6.45) is 7.06. The van der Waals surface area contributed by atoms with Crippen LogP contribution in [0.5, 0.6) is 0 Å². The predicted octanol–water partition coefficient (Wildman–Crippen LogP) is 3.63. The quantitative estimate of drug-likeness (QED) is 0.227. The molecule has 0 bridgehead atoms. The zero-order valence-corrected chi connectivity index (χ0v) is 18.4. The van der Waals surface area contributed by atoms with Gasteiger partial charge in [-0.3, -0.25) is 0 Å². The van der Waals surface area contributed by atoms with Gasteiger partial charge in [-0.2, -0.15) is 0 Å². The maximum atomic E-state index is 4.79. The van der Waals surface area contributed by atoms with Crippen LogP contribution in [0.15, 0.2) is 50.6 Å². The van der Waals surface area contributed by atoms with Crippen molar-refractivity contribution < 1.29 is 18.0 Å². The maximum absolute atomic E-state index is 4.79. The van der Waals surface area contributed by atoms with Crippen molar-refractivity contribution in [1.82, 2.24) is 9.80 Å². The normalized spacial score (nSPS) is 7.77. The molecule has 8 heteroatoms. The molecule has 0 aliphatic heterocycles. The summed E-state index contributed by atoms with van der Waals surface area (Å²) >= 11 is 20.7. The van der Waals surface area contributed by atoms with Crippen LogP contribution < -0.4 is 0 Å². The standard InChI is InChI=1S/2C7H11NS2.Mo.S/c2*1-3-5-8(6-4-2)7(9)10;;/h2*3-4H,1-2,5-6H2,(H,9,10);;/q;;+2;/p-2. The van der Waals surface area contributed by atoms with Crippen LogP contribution in [-0.4, -0.2) is 44.6 Å². The van der Waals surface area contributed by atoms with E-state index in [0.29, 0.717) is 34.8 Å². The molecule has 122 valence electrons. The van der Waals surface area contributed by atoms with Crippen LogP contribution in [0.2, 0.25) is 0 Å². The Morgan fingerprint density at radius 1 is 0.727 bits per heavy atom. The van der Waals surface area contributed by atoms with E-state index in [9.17, 15) is 0 Å². The fraction of sp³-hybridized carbons (Fsp3) is 0.286. The molecular weight excluding hydrogens is 452 g/mol. The first kappa shape index (κ1) is 27.0. The summed E-state index contributed by atoms with van der Waals surface area (Å²) in [6, 6.07) is 0. The molecule has 0 fully saturated rings. The average Bonchev–Trinajstić information content (AvgIpc) is 2.49. The minimum absolute atomic E-state index is 0.472. The third-order valence-electron chi connectivity index (χ3n) is 1.91. The van der Waals surface area contributed by atoms with Crippen LogP contribution in [0.1, 0.15) is 0 Å². The molecule has 0 aromatic heterocycles. The summed E-state index contributed by atoms with van der Waals surface area (Å²) in [5.74, 6) is 0. The SMILES string of the molecule is C=CCN(CC=C)C(=S)[S-].C=CCN(CC=C)C(=S)[S-].[S]=[Mo+2]. The van der Waals surface area contributed by atoms with Crippen molar-refractivity contribution in [3.63, 3.8) is 0 Å². The van der Waals surface area contributed by atoms with E-state index in [0.717, 1.165) is 0 Å². The average molecular weight is 473 g/mol. The summed E-state index contributed by atoms with van der Waals surface area (Å²) in [6.45, 7) is 17.1. The van der Waals surface area contributed by atoms with E-state index in [1.165, 1.54) is 18.0 Å². The van der Waals surface area contributed by atoms with Gasteiger partial charge in [-0.15, -0.1) is 26.3 Å². The fourth-order valence-electron chi connectivity index (χ4n) is 1.07. The Morgan fingerprint density at radius 3 is 1.00 bits per heavy atom. The Bertz CT molecular complexity index is 320. The first-order chi connectivity index (χ1) is 10.4. The van der Waals surface area contributed by atoms with E-state index >= 15 is 0 Å². The summed E-state index contributed by atoms with van der Waals surface area (Å²) in [4.78, 5) is 3.68. The Hall–Kier alpha value is 0.0883. The van der Waals surface area contributed by atoms with Gasteiger partial charge in [0.15, 0.2) is 0 Å². The zero-order valence-electron chi connectivity index (χ0n) is 12.3. The van der Waals surface area contributed by atoms with E-state index < -0.39 is 0 Å². The van der Waals surface area contributed by atoms with Gasteiger partial charge in [-0.1, -0.05) is 32.9 Å². The first-order valence-electron chi connectivity index (χ1n) is 5.96. The number of rotatable bonds is 8. The van der Waals surface area contributed by atoms with Crippen LogP contribution in [-0.2, 0) is 43.3 Å². The molecule has 0 amide bonds. The van der Waals surface area contributed by atoms with Gasteiger partial charge in [0.1, 0.15) is 0 Å². The molecule has 0 aliphatic carbocycles. The van der Waals surface area contributed by atoms with Crippen molar-refractivity contribution in [2.24, 2.45) is 0 Å². The number of thiocarbonyl (C=S) groups is 2. The second kappa shape index (κ2) is 21.1. The molecule has 22 heavy (non-hydrogen) atoms. The summed E-state index contributed by atoms with van der Waals surface area (Å²) in [5.41, 5.74) is 0. The van der Waals surface area contributed by atoms with Crippen molar-refractivity contribution in [3.05, 3.63) is 50.6 Å². The van der Waals surface area contributed by atoms with Crippen molar-refractivity contribution in [3.8, 4) is 0 Å². The van der Waals surface area contributed by atoms with E-state index in [1.54, 1.807) is 24.3 Å². The molecule has 0 unspecified atom stereocenters. The molecule has 0 saturated heterocycles. The first-order valence-corrected chi connectivity index (χ1v) is 10.4. The number of nitrogens with zero attached hydrogens (tertiary/aromatic N) is 2. The Kier molecular flexibility index (Phi) is 25.8. The molecule has 0 spiro atoms. The molecule has 0 atom stereocenters. The van der Waals surface area contributed by atoms with Gasteiger partial charge in [0.05, 0.1) is 0 Å². The monoisotopic (exact) mass is 474 g/mol. The van der Waals surface area contributed by atoms with Crippen molar-refractivity contribution in [2.75, 3.05) is 26.2 Å². The second-order valence-corrected chi connectivity index (χ2v) is 5.56. The van der Waals surface area contributed by atoms with Gasteiger partial charge in [-0.25, -0.2) is 0 Å². The van der Waals surface area contributed by atoms with Crippen LogP contribution in [0.4, 0.5) is 0 Å². The van der Waals surface area contributed by atoms with Crippen LogP contribution >= 0.6 is 34.3 Å². The third kappa shape index (κ3) is 18.1. The topological polar surface area (TPSA) is 6.48 Å². The van der Waals surface area contributed by atoms with Gasteiger partial charge in [0, 0.05) is 26.2 Å². The van der Waals surface area contributed by atoms with E-state index in [2.05, 4.69) is 36.1 Å². The fourth-order valence-corrected chi connectivity index (χ4v) is 1.67. The van der Waals surface area contributed by atoms with Crippen molar-refractivity contribution >= 4 is 68.2 Å². The van der Waals surface area contributed by atoms with Gasteiger partial charge in [0.2, 0.25) is 0 Å². The molecule has 0 saturated carbocycles. The molecule has 2 nitrogen and oxygen atoms in total. The Morgan fingerprint density at radius 2 is 0.909 bits per heavy atom. The predicted molar refractivity (Wildman–Crippen MR) is 111 cm³/mol. The van der Waals surface area contributed by atoms with Gasteiger partial charge < -0.3 is 59.5 Å². The third-order valence-corrected chi connectivity index (χ3v) is 2.95. The minimum atomic E-state index is 0.472. The van der Waals surface area contributed by atoms with Crippen molar-refractivity contribution in [1.29, 1.82) is 0 Å². The van der Waals surface area contributed by atoms with Crippen LogP contribution in [0, 0.1) is 0 Å². The molecule has 0 radical (unpaired) electrons. The molecule has 0 rings (SSSR count). The molecule has 0 aliphatic rings. The van der Waals surface area contributed by atoms with Gasteiger partial charge in [0.25, 0.3) is 0 Å². The van der Waals surface area contributed by atoms with Gasteiger partial charge >= 0.3 is 27.8 Å². The molecule has 0 heterocycles. The zero-order chi connectivity index (χ0) is 18.0. The number of hydrogen-bond donors (Lipinski definition) is 0. The summed E-state index contributed by atoms with van der Waals surface area (Å²) < 4.78 is 0.944. The molecule has 0 aromatic rings. The van der Waals surface area contributed by atoms with Crippen molar-refractivity contribution in [2.45, 2.75) is 0 Å². The Labute approximate surface area is 171 Å². The van der Waals surface area contributed by atoms with Crippen LogP contribution in [0.25, 0.3) is 0 Å². The number of hydrogen-bond acceptors (Lipinski definition) is 5. The van der Waals surface area contributed by atoms with E-state index in [1.807, 2.05) is 9.80 Å².